The maximum atomic E-state index is 13.1. The molecule has 0 saturated carbocycles. The average molecular weight is 412 g/mol. The summed E-state index contributed by atoms with van der Waals surface area (Å²) < 4.78 is 5.48. The number of aliphatic hydroxyl groups is 1. The summed E-state index contributed by atoms with van der Waals surface area (Å²) in [6, 6.07) is 9.84. The molecule has 8 heteroatoms. The number of carbonyl (C=O) groups excluding carboxylic acids is 2. The lowest BCUT2D eigenvalue weighted by Gasteiger charge is -2.24. The highest BCUT2D eigenvalue weighted by Crippen LogP contribution is 2.43. The molecule has 0 spiro atoms. The van der Waals surface area contributed by atoms with Crippen LogP contribution in [0.4, 0.5) is 5.13 Å². The van der Waals surface area contributed by atoms with E-state index in [1.54, 1.807) is 53.4 Å². The van der Waals surface area contributed by atoms with Crippen LogP contribution in [0.15, 0.2) is 64.7 Å². The van der Waals surface area contributed by atoms with Gasteiger partial charge in [-0.3, -0.25) is 14.5 Å². The van der Waals surface area contributed by atoms with Gasteiger partial charge in [0.1, 0.15) is 5.75 Å². The number of ether oxygens (including phenoxy) is 1. The predicted molar refractivity (Wildman–Crippen MR) is 108 cm³/mol. The Balaban J connectivity index is 1.82. The van der Waals surface area contributed by atoms with Crippen LogP contribution in [0.5, 0.6) is 5.75 Å². The van der Waals surface area contributed by atoms with E-state index in [2.05, 4.69) is 4.98 Å². The summed E-state index contributed by atoms with van der Waals surface area (Å²) in [7, 11) is 0. The van der Waals surface area contributed by atoms with Crippen molar-refractivity contribution >= 4 is 39.5 Å². The molecule has 6 nitrogen and oxygen atoms in total. The molecule has 1 aromatic carbocycles. The molecule has 3 heterocycles. The average Bonchev–Trinajstić information content (AvgIpc) is 3.45. The number of thiophene rings is 1. The molecule has 0 radical (unpaired) electrons. The second kappa shape index (κ2) is 7.57. The van der Waals surface area contributed by atoms with Crippen molar-refractivity contribution in [2.75, 3.05) is 11.5 Å². The topological polar surface area (TPSA) is 79.7 Å². The molecular weight excluding hydrogens is 396 g/mol. The Hall–Kier alpha value is -2.97. The van der Waals surface area contributed by atoms with Crippen molar-refractivity contribution in [1.82, 2.24) is 4.98 Å². The van der Waals surface area contributed by atoms with Gasteiger partial charge in [-0.25, -0.2) is 4.98 Å². The SMILES string of the molecule is CCOc1ccc(C2C(C(=O)c3cccs3)=C(O)C(=O)N2c2nccs2)cc1. The number of hydrogen-bond acceptors (Lipinski definition) is 7. The number of rotatable bonds is 6. The van der Waals surface area contributed by atoms with E-state index < -0.39 is 17.7 Å². The molecule has 1 aliphatic heterocycles. The fourth-order valence-electron chi connectivity index (χ4n) is 3.14. The van der Waals surface area contributed by atoms with Gasteiger partial charge in [-0.2, -0.15) is 0 Å². The van der Waals surface area contributed by atoms with Gasteiger partial charge in [0, 0.05) is 11.6 Å². The van der Waals surface area contributed by atoms with E-state index >= 15 is 0 Å². The summed E-state index contributed by atoms with van der Waals surface area (Å²) in [5.41, 5.74) is 0.753. The first-order valence-electron chi connectivity index (χ1n) is 8.59. The van der Waals surface area contributed by atoms with Gasteiger partial charge in [0.15, 0.2) is 10.9 Å². The molecule has 0 fully saturated rings. The number of aliphatic hydroxyl groups excluding tert-OH is 1. The van der Waals surface area contributed by atoms with E-state index in [1.807, 2.05) is 6.92 Å². The summed E-state index contributed by atoms with van der Waals surface area (Å²) in [5, 5.41) is 14.5. The number of hydrogen-bond donors (Lipinski definition) is 1. The molecule has 0 saturated heterocycles. The van der Waals surface area contributed by atoms with Crippen LogP contribution in [0.3, 0.4) is 0 Å². The number of anilines is 1. The number of amides is 1. The third-order valence-electron chi connectivity index (χ3n) is 4.33. The van der Waals surface area contributed by atoms with Crippen LogP contribution < -0.4 is 9.64 Å². The summed E-state index contributed by atoms with van der Waals surface area (Å²) in [4.78, 5) is 32.0. The number of carbonyl (C=O) groups is 2. The Kier molecular flexibility index (Phi) is 4.97. The second-order valence-electron chi connectivity index (χ2n) is 5.96. The zero-order valence-corrected chi connectivity index (χ0v) is 16.5. The third-order valence-corrected chi connectivity index (χ3v) is 5.97. The molecular formula is C20H16N2O4S2. The van der Waals surface area contributed by atoms with Gasteiger partial charge in [0.2, 0.25) is 5.78 Å². The highest BCUT2D eigenvalue weighted by Gasteiger charge is 2.45. The highest BCUT2D eigenvalue weighted by atomic mass is 32.1. The van der Waals surface area contributed by atoms with Gasteiger partial charge < -0.3 is 9.84 Å². The lowest BCUT2D eigenvalue weighted by molar-refractivity contribution is -0.117. The van der Waals surface area contributed by atoms with Gasteiger partial charge in [-0.1, -0.05) is 18.2 Å². The van der Waals surface area contributed by atoms with Crippen molar-refractivity contribution in [3.63, 3.8) is 0 Å². The number of thiazole rings is 1. The zero-order chi connectivity index (χ0) is 19.7. The first-order chi connectivity index (χ1) is 13.6. The van der Waals surface area contributed by atoms with E-state index in [9.17, 15) is 14.7 Å². The summed E-state index contributed by atoms with van der Waals surface area (Å²) >= 11 is 2.54. The molecule has 0 aliphatic carbocycles. The Bertz CT molecular complexity index is 1020. The fourth-order valence-corrected chi connectivity index (χ4v) is 4.48. The number of nitrogens with zero attached hydrogens (tertiary/aromatic N) is 2. The van der Waals surface area contributed by atoms with Crippen molar-refractivity contribution < 1.29 is 19.4 Å². The number of benzene rings is 1. The summed E-state index contributed by atoms with van der Waals surface area (Å²) in [6.07, 6.45) is 1.58. The fraction of sp³-hybridized carbons (Fsp3) is 0.150. The third kappa shape index (κ3) is 3.10. The van der Waals surface area contributed by atoms with Crippen LogP contribution >= 0.6 is 22.7 Å². The smallest absolute Gasteiger partial charge is 0.296 e. The Morgan fingerprint density at radius 2 is 2.00 bits per heavy atom. The maximum absolute atomic E-state index is 13.1. The Labute approximate surface area is 169 Å². The van der Waals surface area contributed by atoms with Crippen LogP contribution in [-0.2, 0) is 4.79 Å². The molecule has 2 aromatic heterocycles. The maximum Gasteiger partial charge on any atom is 0.296 e. The number of ketones is 1. The summed E-state index contributed by atoms with van der Waals surface area (Å²) in [6.45, 7) is 2.43. The quantitative estimate of drug-likeness (QED) is 0.608. The van der Waals surface area contributed by atoms with E-state index in [1.165, 1.54) is 27.6 Å². The van der Waals surface area contributed by atoms with E-state index in [4.69, 9.17) is 4.74 Å². The minimum absolute atomic E-state index is 0.0619. The molecule has 4 rings (SSSR count). The molecule has 1 unspecified atom stereocenters. The minimum atomic E-state index is -0.760. The van der Waals surface area contributed by atoms with E-state index in [0.29, 0.717) is 27.9 Å². The predicted octanol–water partition coefficient (Wildman–Crippen LogP) is 4.39. The van der Waals surface area contributed by atoms with E-state index in [-0.39, 0.29) is 11.4 Å². The van der Waals surface area contributed by atoms with Crippen LogP contribution in [0, 0.1) is 0 Å². The van der Waals surface area contributed by atoms with Crippen LogP contribution in [0.25, 0.3) is 0 Å². The lowest BCUT2D eigenvalue weighted by Crippen LogP contribution is -2.30. The molecule has 0 bridgehead atoms. The van der Waals surface area contributed by atoms with Gasteiger partial charge in [0.25, 0.3) is 5.91 Å². The van der Waals surface area contributed by atoms with Gasteiger partial charge in [-0.15, -0.1) is 22.7 Å². The minimum Gasteiger partial charge on any atom is -0.503 e. The zero-order valence-electron chi connectivity index (χ0n) is 14.9. The standard InChI is InChI=1S/C20H16N2O4S2/c1-2-26-13-7-5-12(6-8-13)16-15(17(23)14-4-3-10-27-14)18(24)19(25)22(16)20-21-9-11-28-20/h3-11,16,24H,2H2,1H3. The molecule has 142 valence electrons. The summed E-state index contributed by atoms with van der Waals surface area (Å²) in [5.74, 6) is -0.837. The first-order valence-corrected chi connectivity index (χ1v) is 10.3. The van der Waals surface area contributed by atoms with Gasteiger partial charge >= 0.3 is 0 Å². The van der Waals surface area contributed by atoms with Crippen LogP contribution in [0.2, 0.25) is 0 Å². The highest BCUT2D eigenvalue weighted by molar-refractivity contribution is 7.14. The molecule has 1 atom stereocenters. The molecule has 1 aliphatic rings. The van der Waals surface area contributed by atoms with Crippen LogP contribution in [0.1, 0.15) is 28.2 Å². The lowest BCUT2D eigenvalue weighted by atomic mass is 9.95. The monoisotopic (exact) mass is 412 g/mol. The van der Waals surface area contributed by atoms with Crippen molar-refractivity contribution in [3.05, 3.63) is 75.1 Å². The largest absolute Gasteiger partial charge is 0.503 e. The number of aromatic nitrogens is 1. The van der Waals surface area contributed by atoms with Crippen LogP contribution in [-0.4, -0.2) is 28.4 Å². The Morgan fingerprint density at radius 3 is 2.61 bits per heavy atom. The van der Waals surface area contributed by atoms with Crippen molar-refractivity contribution in [3.8, 4) is 5.75 Å². The normalized spacial score (nSPS) is 16.7. The first kappa shape index (κ1) is 18.4. The number of Topliss-reactive ketones (excluding diaryl/α,β-unsaturated/α-hetero) is 1. The molecule has 1 N–H and O–H groups in total. The van der Waals surface area contributed by atoms with Gasteiger partial charge in [-0.05, 0) is 36.1 Å². The molecule has 28 heavy (non-hydrogen) atoms. The van der Waals surface area contributed by atoms with Crippen molar-refractivity contribution in [1.29, 1.82) is 0 Å². The molecule has 3 aromatic rings. The molecule has 1 amide bonds. The van der Waals surface area contributed by atoms with Gasteiger partial charge in [0.05, 0.1) is 23.1 Å². The second-order valence-corrected chi connectivity index (χ2v) is 7.78. The van der Waals surface area contributed by atoms with Crippen molar-refractivity contribution in [2.45, 2.75) is 13.0 Å². The Morgan fingerprint density at radius 1 is 1.21 bits per heavy atom. The van der Waals surface area contributed by atoms with E-state index in [0.717, 1.165) is 0 Å². The van der Waals surface area contributed by atoms with Crippen molar-refractivity contribution in [2.24, 2.45) is 0 Å².